The highest BCUT2D eigenvalue weighted by Crippen LogP contribution is 2.71. The van der Waals surface area contributed by atoms with Gasteiger partial charge >= 0.3 is 5.97 Å². The third-order valence-electron chi connectivity index (χ3n) is 11.7. The summed E-state index contributed by atoms with van der Waals surface area (Å²) in [5.74, 6) is 1.09. The van der Waals surface area contributed by atoms with E-state index in [1.54, 1.807) is 0 Å². The summed E-state index contributed by atoms with van der Waals surface area (Å²) in [6.07, 6.45) is 13.3. The molecule has 0 saturated heterocycles. The minimum Gasteiger partial charge on any atom is -0.469 e. The Morgan fingerprint density at radius 1 is 1.14 bits per heavy atom. The number of methoxy groups -OCH3 is 1. The normalized spacial score (nSPS) is 43.9. The Bertz CT molecular complexity index is 911. The van der Waals surface area contributed by atoms with Crippen LogP contribution in [0.2, 0.25) is 0 Å². The molecule has 0 aromatic carbocycles. The molecule has 2 N–H and O–H groups in total. The zero-order valence-electron chi connectivity index (χ0n) is 23.5. The van der Waals surface area contributed by atoms with Crippen molar-refractivity contribution in [2.75, 3.05) is 7.11 Å². The molecule has 4 rings (SSSR count). The number of ether oxygens (including phenoxy) is 1. The average molecular weight is 487 g/mol. The van der Waals surface area contributed by atoms with Gasteiger partial charge in [0, 0.05) is 0 Å². The van der Waals surface area contributed by atoms with Crippen LogP contribution < -0.4 is 0 Å². The molecule has 4 aliphatic rings. The van der Waals surface area contributed by atoms with E-state index in [1.165, 1.54) is 37.5 Å². The van der Waals surface area contributed by atoms with Gasteiger partial charge in [-0.05, 0) is 111 Å². The predicted molar refractivity (Wildman–Crippen MR) is 141 cm³/mol. The molecule has 0 heterocycles. The number of allylic oxidation sites excluding steroid dienone is 4. The first-order valence-electron chi connectivity index (χ1n) is 14.1. The van der Waals surface area contributed by atoms with E-state index in [4.69, 9.17) is 4.74 Å². The minimum atomic E-state index is -0.876. The minimum absolute atomic E-state index is 0.0483. The first-order chi connectivity index (χ1) is 16.1. The van der Waals surface area contributed by atoms with Gasteiger partial charge in [-0.15, -0.1) is 0 Å². The summed E-state index contributed by atoms with van der Waals surface area (Å²) in [5.41, 5.74) is 1.76. The van der Waals surface area contributed by atoms with E-state index in [9.17, 15) is 15.0 Å². The van der Waals surface area contributed by atoms with Gasteiger partial charge in [-0.25, -0.2) is 0 Å². The SMILES string of the molecule is COC(=O)[C@@]1(C)C2CC=C3C(=CC[C@]4(C)[C@@H](C(C)CCCC(C)(C)O)CC[C@@]34C)[C@@]2(C)CC[C@@H]1O. The first kappa shape index (κ1) is 26.9. The maximum absolute atomic E-state index is 13.0. The van der Waals surface area contributed by atoms with Crippen LogP contribution in [0.15, 0.2) is 23.3 Å². The van der Waals surface area contributed by atoms with Crippen molar-refractivity contribution in [1.82, 2.24) is 0 Å². The number of rotatable bonds is 6. The fraction of sp³-hybridized carbons (Fsp3) is 0.839. The van der Waals surface area contributed by atoms with Crippen LogP contribution in [0.1, 0.15) is 106 Å². The van der Waals surface area contributed by atoms with E-state index in [2.05, 4.69) is 39.8 Å². The topological polar surface area (TPSA) is 66.8 Å². The van der Waals surface area contributed by atoms with Crippen molar-refractivity contribution in [3.05, 3.63) is 23.3 Å². The second-order valence-corrected chi connectivity index (χ2v) is 14.1. The van der Waals surface area contributed by atoms with E-state index in [0.717, 1.165) is 32.1 Å². The monoisotopic (exact) mass is 486 g/mol. The zero-order chi connectivity index (χ0) is 26.0. The second kappa shape index (κ2) is 8.72. The van der Waals surface area contributed by atoms with Gasteiger partial charge in [-0.2, -0.15) is 0 Å². The fourth-order valence-electron chi connectivity index (χ4n) is 9.21. The molecule has 4 nitrogen and oxygen atoms in total. The Morgan fingerprint density at radius 2 is 1.83 bits per heavy atom. The van der Waals surface area contributed by atoms with Gasteiger partial charge in [0.1, 0.15) is 0 Å². The molecule has 0 aliphatic heterocycles. The quantitative estimate of drug-likeness (QED) is 0.415. The number of aliphatic hydroxyl groups excluding tert-OH is 1. The maximum atomic E-state index is 13.0. The van der Waals surface area contributed by atoms with Crippen LogP contribution in [0.4, 0.5) is 0 Å². The van der Waals surface area contributed by atoms with Gasteiger partial charge in [0.2, 0.25) is 0 Å². The van der Waals surface area contributed by atoms with Gasteiger partial charge in [0.05, 0.1) is 24.2 Å². The van der Waals surface area contributed by atoms with Crippen molar-refractivity contribution < 1.29 is 19.7 Å². The van der Waals surface area contributed by atoms with Crippen LogP contribution in [0.25, 0.3) is 0 Å². The molecule has 2 fully saturated rings. The van der Waals surface area contributed by atoms with Gasteiger partial charge < -0.3 is 14.9 Å². The summed E-state index contributed by atoms with van der Waals surface area (Å²) in [4.78, 5) is 13.0. The van der Waals surface area contributed by atoms with E-state index in [0.29, 0.717) is 18.3 Å². The number of esters is 1. The maximum Gasteiger partial charge on any atom is 0.314 e. The van der Waals surface area contributed by atoms with Crippen molar-refractivity contribution in [3.63, 3.8) is 0 Å². The summed E-state index contributed by atoms with van der Waals surface area (Å²) in [7, 11) is 1.45. The molecule has 0 aromatic rings. The molecule has 198 valence electrons. The van der Waals surface area contributed by atoms with Crippen LogP contribution >= 0.6 is 0 Å². The van der Waals surface area contributed by atoms with Gasteiger partial charge in [0.25, 0.3) is 0 Å². The van der Waals surface area contributed by atoms with Crippen LogP contribution in [-0.2, 0) is 9.53 Å². The number of carbonyl (C=O) groups is 1. The standard InChI is InChI=1S/C31H50O4/c1-20(10-9-16-27(2,3)34)21-13-18-30(6)23-11-12-24-28(4,22(23)14-19-29(21,30)5)17-15-25(32)31(24,7)26(33)35-8/h11,14,20-21,24-25,32,34H,9-10,12-13,15-19H2,1-8H3/t20?,21-,24?,25+,28-,29-,30+,31+/m1/s1. The molecule has 0 bridgehead atoms. The van der Waals surface area contributed by atoms with Crippen LogP contribution in [-0.4, -0.2) is 35.0 Å². The highest BCUT2D eigenvalue weighted by Gasteiger charge is 2.65. The number of carbonyl (C=O) groups excluding carboxylic acids is 1. The molecule has 4 aliphatic carbocycles. The molecular formula is C31H50O4. The lowest BCUT2D eigenvalue weighted by atomic mass is 9.43. The highest BCUT2D eigenvalue weighted by atomic mass is 16.5. The van der Waals surface area contributed by atoms with Gasteiger partial charge in [0.15, 0.2) is 0 Å². The Balaban J connectivity index is 1.65. The highest BCUT2D eigenvalue weighted by molar-refractivity contribution is 5.78. The molecule has 0 spiro atoms. The van der Waals surface area contributed by atoms with E-state index in [1.807, 2.05) is 20.8 Å². The van der Waals surface area contributed by atoms with Crippen molar-refractivity contribution in [2.45, 2.75) is 118 Å². The molecule has 0 radical (unpaired) electrons. The molecular weight excluding hydrogens is 436 g/mol. The Hall–Kier alpha value is -1.13. The molecule has 0 amide bonds. The van der Waals surface area contributed by atoms with Crippen LogP contribution in [0.5, 0.6) is 0 Å². The summed E-state index contributed by atoms with van der Waals surface area (Å²) in [6.45, 7) is 15.6. The van der Waals surface area contributed by atoms with Crippen LogP contribution in [0.3, 0.4) is 0 Å². The first-order valence-corrected chi connectivity index (χ1v) is 14.1. The summed E-state index contributed by atoms with van der Waals surface area (Å²) >= 11 is 0. The summed E-state index contributed by atoms with van der Waals surface area (Å²) in [5, 5.41) is 21.1. The van der Waals surface area contributed by atoms with Crippen molar-refractivity contribution in [1.29, 1.82) is 0 Å². The van der Waals surface area contributed by atoms with Crippen molar-refractivity contribution >= 4 is 5.97 Å². The van der Waals surface area contributed by atoms with Crippen molar-refractivity contribution in [2.24, 2.45) is 39.4 Å². The number of hydrogen-bond donors (Lipinski definition) is 2. The predicted octanol–water partition coefficient (Wildman–Crippen LogP) is 6.60. The fourth-order valence-corrected chi connectivity index (χ4v) is 9.21. The molecule has 35 heavy (non-hydrogen) atoms. The van der Waals surface area contributed by atoms with Gasteiger partial charge in [-0.1, -0.05) is 52.7 Å². The third kappa shape index (κ3) is 3.88. The number of fused-ring (bicyclic) bond motifs is 5. The summed E-state index contributed by atoms with van der Waals surface area (Å²) in [6, 6.07) is 0. The van der Waals surface area contributed by atoms with E-state index in [-0.39, 0.29) is 28.1 Å². The Kier molecular flexibility index (Phi) is 6.71. The van der Waals surface area contributed by atoms with E-state index >= 15 is 0 Å². The zero-order valence-corrected chi connectivity index (χ0v) is 23.5. The number of hydrogen-bond acceptors (Lipinski definition) is 4. The third-order valence-corrected chi connectivity index (χ3v) is 11.7. The largest absolute Gasteiger partial charge is 0.469 e. The lowest BCUT2D eigenvalue weighted by Crippen LogP contribution is -2.58. The molecule has 0 aromatic heterocycles. The smallest absolute Gasteiger partial charge is 0.314 e. The molecule has 2 unspecified atom stereocenters. The van der Waals surface area contributed by atoms with Crippen LogP contribution in [0, 0.1) is 39.4 Å². The second-order valence-electron chi connectivity index (χ2n) is 14.1. The van der Waals surface area contributed by atoms with Crippen molar-refractivity contribution in [3.8, 4) is 0 Å². The average Bonchev–Trinajstić information content (AvgIpc) is 3.06. The lowest BCUT2D eigenvalue weighted by molar-refractivity contribution is -0.177. The Labute approximate surface area is 213 Å². The molecule has 2 saturated carbocycles. The lowest BCUT2D eigenvalue weighted by Gasteiger charge is -2.60. The van der Waals surface area contributed by atoms with E-state index < -0.39 is 17.1 Å². The Morgan fingerprint density at radius 3 is 2.46 bits per heavy atom. The molecule has 4 heteroatoms. The summed E-state index contributed by atoms with van der Waals surface area (Å²) < 4.78 is 5.24. The molecule has 8 atom stereocenters. The van der Waals surface area contributed by atoms with Gasteiger partial charge in [-0.3, -0.25) is 4.79 Å². The number of aliphatic hydroxyl groups is 2.